The van der Waals surface area contributed by atoms with Gasteiger partial charge in [0.2, 0.25) is 11.8 Å². The highest BCUT2D eigenvalue weighted by Gasteiger charge is 2.19. The normalized spacial score (nSPS) is 11.4. The third-order valence-corrected chi connectivity index (χ3v) is 6.39. The number of aromatic hydroxyl groups is 1. The molecule has 0 spiro atoms. The second-order valence-corrected chi connectivity index (χ2v) is 9.07. The number of amides is 2. The predicted molar refractivity (Wildman–Crippen MR) is 143 cm³/mol. The molecule has 0 aromatic heterocycles. The number of benzene rings is 3. The Balaban J connectivity index is 1.48. The Morgan fingerprint density at radius 3 is 2.22 bits per heavy atom. The van der Waals surface area contributed by atoms with Gasteiger partial charge in [0.25, 0.3) is 0 Å². The summed E-state index contributed by atoms with van der Waals surface area (Å²) in [5.41, 5.74) is 9.09. The summed E-state index contributed by atoms with van der Waals surface area (Å²) in [5.74, 6) is 0.286. The zero-order valence-corrected chi connectivity index (χ0v) is 20.7. The van der Waals surface area contributed by atoms with Crippen molar-refractivity contribution in [2.24, 2.45) is 5.73 Å². The van der Waals surface area contributed by atoms with Crippen molar-refractivity contribution in [2.45, 2.75) is 31.2 Å². The molecular formula is C27H31N5O3S. The second kappa shape index (κ2) is 13.9. The molecule has 0 saturated heterocycles. The van der Waals surface area contributed by atoms with Crippen molar-refractivity contribution >= 4 is 29.6 Å². The molecule has 8 nitrogen and oxygen atoms in total. The number of phenolic OH excluding ortho intramolecular Hbond substituents is 1. The first-order chi connectivity index (χ1) is 17.4. The molecule has 0 fully saturated rings. The molecule has 0 aliphatic carbocycles. The minimum atomic E-state index is -0.487. The standard InChI is InChI=1S/C27H31N5O3S/c28-26(29)22-11-6-20(7-12-22)16-30-25(34)17-31-27(35)24(15-10-19-4-2-1-3-5-19)32-36-18-21-8-13-23(33)14-9-21/h1-9,11-14,24,32-33H,10,15-18H2,(H3,28,29)(H,30,34)(H,31,35). The van der Waals surface area contributed by atoms with Crippen LogP contribution in [0.25, 0.3) is 0 Å². The van der Waals surface area contributed by atoms with E-state index >= 15 is 0 Å². The van der Waals surface area contributed by atoms with Gasteiger partial charge in [0, 0.05) is 17.9 Å². The summed E-state index contributed by atoms with van der Waals surface area (Å²) in [5, 5.41) is 22.4. The Morgan fingerprint density at radius 1 is 0.889 bits per heavy atom. The highest BCUT2D eigenvalue weighted by molar-refractivity contribution is 7.96. The summed E-state index contributed by atoms with van der Waals surface area (Å²) in [6.45, 7) is 0.182. The van der Waals surface area contributed by atoms with Gasteiger partial charge < -0.3 is 21.5 Å². The number of nitrogens with two attached hydrogens (primary N) is 1. The molecule has 9 heteroatoms. The fourth-order valence-corrected chi connectivity index (χ4v) is 4.24. The summed E-state index contributed by atoms with van der Waals surface area (Å²) in [4.78, 5) is 25.2. The van der Waals surface area contributed by atoms with Crippen molar-refractivity contribution in [3.63, 3.8) is 0 Å². The summed E-state index contributed by atoms with van der Waals surface area (Å²) >= 11 is 1.41. The molecule has 188 valence electrons. The summed E-state index contributed by atoms with van der Waals surface area (Å²) in [6.07, 6.45) is 1.29. The average molecular weight is 506 g/mol. The van der Waals surface area contributed by atoms with E-state index in [-0.39, 0.29) is 29.9 Å². The number of carbonyl (C=O) groups excluding carboxylic acids is 2. The van der Waals surface area contributed by atoms with E-state index in [9.17, 15) is 14.7 Å². The zero-order chi connectivity index (χ0) is 25.8. The molecule has 3 aromatic carbocycles. The molecule has 1 atom stereocenters. The molecule has 0 bridgehead atoms. The largest absolute Gasteiger partial charge is 0.508 e. The molecule has 0 heterocycles. The van der Waals surface area contributed by atoms with Gasteiger partial charge in [0.1, 0.15) is 11.6 Å². The SMILES string of the molecule is N=C(N)c1ccc(CNC(=O)CNC(=O)C(CCc2ccccc2)NSCc2ccc(O)cc2)cc1. The molecule has 0 radical (unpaired) electrons. The number of nitrogens with one attached hydrogen (secondary N) is 4. The van der Waals surface area contributed by atoms with Crippen LogP contribution in [0.5, 0.6) is 5.75 Å². The van der Waals surface area contributed by atoms with Gasteiger partial charge in [0.05, 0.1) is 12.6 Å². The van der Waals surface area contributed by atoms with Crippen molar-refractivity contribution in [1.29, 1.82) is 5.41 Å². The maximum Gasteiger partial charge on any atom is 0.239 e. The zero-order valence-electron chi connectivity index (χ0n) is 19.9. The monoisotopic (exact) mass is 505 g/mol. The van der Waals surface area contributed by atoms with Crippen molar-refractivity contribution in [3.8, 4) is 5.75 Å². The fraction of sp³-hybridized carbons (Fsp3) is 0.222. The molecular weight excluding hydrogens is 474 g/mol. The van der Waals surface area contributed by atoms with Crippen LogP contribution in [0, 0.1) is 5.41 Å². The van der Waals surface area contributed by atoms with E-state index in [4.69, 9.17) is 11.1 Å². The Hall–Kier alpha value is -3.82. The topological polar surface area (TPSA) is 140 Å². The van der Waals surface area contributed by atoms with Gasteiger partial charge in [-0.05, 0) is 41.7 Å². The van der Waals surface area contributed by atoms with Gasteiger partial charge in [-0.25, -0.2) is 0 Å². The van der Waals surface area contributed by atoms with Crippen molar-refractivity contribution in [1.82, 2.24) is 15.4 Å². The first kappa shape index (κ1) is 26.8. The second-order valence-electron chi connectivity index (χ2n) is 8.25. The van der Waals surface area contributed by atoms with E-state index in [2.05, 4.69) is 15.4 Å². The van der Waals surface area contributed by atoms with Crippen molar-refractivity contribution < 1.29 is 14.7 Å². The van der Waals surface area contributed by atoms with Crippen LogP contribution in [0.15, 0.2) is 78.9 Å². The summed E-state index contributed by atoms with van der Waals surface area (Å²) in [6, 6.07) is 23.4. The average Bonchev–Trinajstić information content (AvgIpc) is 2.90. The molecule has 1 unspecified atom stereocenters. The molecule has 36 heavy (non-hydrogen) atoms. The third-order valence-electron chi connectivity index (χ3n) is 5.46. The smallest absolute Gasteiger partial charge is 0.239 e. The molecule has 3 aromatic rings. The number of phenols is 1. The van der Waals surface area contributed by atoms with E-state index in [1.54, 1.807) is 36.4 Å². The van der Waals surface area contributed by atoms with Gasteiger partial charge in [-0.3, -0.25) is 19.7 Å². The Bertz CT molecular complexity index is 1140. The highest BCUT2D eigenvalue weighted by atomic mass is 32.2. The van der Waals surface area contributed by atoms with Crippen LogP contribution in [-0.4, -0.2) is 35.3 Å². The number of nitrogen functional groups attached to an aromatic ring is 1. The Labute approximate surface area is 215 Å². The van der Waals surface area contributed by atoms with Crippen molar-refractivity contribution in [2.75, 3.05) is 6.54 Å². The van der Waals surface area contributed by atoms with Crippen LogP contribution < -0.4 is 21.1 Å². The van der Waals surface area contributed by atoms with Crippen LogP contribution in [0.3, 0.4) is 0 Å². The number of aryl methyl sites for hydroxylation is 1. The number of amidine groups is 1. The summed E-state index contributed by atoms with van der Waals surface area (Å²) in [7, 11) is 0. The quantitative estimate of drug-likeness (QED) is 0.120. The van der Waals surface area contributed by atoms with Gasteiger partial charge in [-0.1, -0.05) is 78.7 Å². The summed E-state index contributed by atoms with van der Waals surface area (Å²) < 4.78 is 3.23. The van der Waals surface area contributed by atoms with Gasteiger partial charge in [0.15, 0.2) is 0 Å². The lowest BCUT2D eigenvalue weighted by atomic mass is 10.1. The third kappa shape index (κ3) is 9.09. The van der Waals surface area contributed by atoms with Crippen LogP contribution in [0.4, 0.5) is 0 Å². The maximum absolute atomic E-state index is 12.9. The molecule has 2 amide bonds. The van der Waals surface area contributed by atoms with E-state index in [1.807, 2.05) is 42.5 Å². The van der Waals surface area contributed by atoms with Gasteiger partial charge >= 0.3 is 0 Å². The van der Waals surface area contributed by atoms with Crippen LogP contribution >= 0.6 is 11.9 Å². The fourth-order valence-electron chi connectivity index (χ4n) is 3.37. The molecule has 7 N–H and O–H groups in total. The van der Waals surface area contributed by atoms with Gasteiger partial charge in [-0.15, -0.1) is 0 Å². The number of rotatable bonds is 13. The van der Waals surface area contributed by atoms with E-state index in [0.29, 0.717) is 30.7 Å². The molecule has 0 saturated carbocycles. The maximum atomic E-state index is 12.9. The highest BCUT2D eigenvalue weighted by Crippen LogP contribution is 2.15. The van der Waals surface area contributed by atoms with Crippen molar-refractivity contribution in [3.05, 3.63) is 101 Å². The first-order valence-electron chi connectivity index (χ1n) is 11.6. The van der Waals surface area contributed by atoms with Gasteiger partial charge in [-0.2, -0.15) is 0 Å². The Morgan fingerprint density at radius 2 is 1.56 bits per heavy atom. The minimum absolute atomic E-state index is 0.00930. The predicted octanol–water partition coefficient (Wildman–Crippen LogP) is 2.85. The lowest BCUT2D eigenvalue weighted by molar-refractivity contribution is -0.127. The molecule has 0 aliphatic rings. The molecule has 0 aliphatic heterocycles. The van der Waals surface area contributed by atoms with Crippen LogP contribution in [-0.2, 0) is 28.3 Å². The lowest BCUT2D eigenvalue weighted by Gasteiger charge is -2.18. The van der Waals surface area contributed by atoms with E-state index in [0.717, 1.165) is 16.7 Å². The van der Waals surface area contributed by atoms with E-state index in [1.165, 1.54) is 11.9 Å². The number of hydrogen-bond donors (Lipinski definition) is 6. The first-order valence-corrected chi connectivity index (χ1v) is 12.6. The van der Waals surface area contributed by atoms with Crippen LogP contribution in [0.1, 0.15) is 28.7 Å². The van der Waals surface area contributed by atoms with Crippen LogP contribution in [0.2, 0.25) is 0 Å². The number of hydrogen-bond acceptors (Lipinski definition) is 6. The van der Waals surface area contributed by atoms with E-state index < -0.39 is 6.04 Å². The Kier molecular flexibility index (Phi) is 10.3. The minimum Gasteiger partial charge on any atom is -0.508 e. The number of carbonyl (C=O) groups is 2. The molecule has 3 rings (SSSR count). The lowest BCUT2D eigenvalue weighted by Crippen LogP contribution is -2.45.